The number of benzene rings is 1. The van der Waals surface area contributed by atoms with Crippen LogP contribution in [0.15, 0.2) is 28.7 Å². The second kappa shape index (κ2) is 4.30. The molecule has 0 amide bonds. The van der Waals surface area contributed by atoms with Crippen LogP contribution in [0.2, 0.25) is 0 Å². The van der Waals surface area contributed by atoms with E-state index >= 15 is 0 Å². The lowest BCUT2D eigenvalue weighted by Crippen LogP contribution is -2.36. The van der Waals surface area contributed by atoms with Crippen LogP contribution in [-0.2, 0) is 0 Å². The van der Waals surface area contributed by atoms with Crippen LogP contribution < -0.4 is 4.90 Å². The summed E-state index contributed by atoms with van der Waals surface area (Å²) < 4.78 is 14.2. The summed E-state index contributed by atoms with van der Waals surface area (Å²) >= 11 is 3.39. The molecule has 1 aliphatic rings. The first-order valence-corrected chi connectivity index (χ1v) is 5.69. The quantitative estimate of drug-likeness (QED) is 0.746. The van der Waals surface area contributed by atoms with Crippen molar-refractivity contribution < 1.29 is 4.39 Å². The molecule has 0 spiro atoms. The molecular weight excluding hydrogens is 245 g/mol. The molecule has 1 fully saturated rings. The van der Waals surface area contributed by atoms with Crippen molar-refractivity contribution in [1.82, 2.24) is 0 Å². The van der Waals surface area contributed by atoms with Gasteiger partial charge in [0.15, 0.2) is 0 Å². The Labute approximate surface area is 92.0 Å². The molecule has 0 N–H and O–H groups in total. The summed E-state index contributed by atoms with van der Waals surface area (Å²) in [6.45, 7) is 1.52. The molecule has 0 aromatic heterocycles. The number of hydrogen-bond donors (Lipinski definition) is 0. The van der Waals surface area contributed by atoms with E-state index < -0.39 is 6.17 Å². The van der Waals surface area contributed by atoms with Gasteiger partial charge in [-0.2, -0.15) is 0 Å². The average molecular weight is 258 g/mol. The van der Waals surface area contributed by atoms with Crippen molar-refractivity contribution in [3.05, 3.63) is 28.7 Å². The summed E-state index contributed by atoms with van der Waals surface area (Å²) in [6, 6.07) is 8.05. The molecule has 0 aliphatic carbocycles. The highest BCUT2D eigenvalue weighted by molar-refractivity contribution is 9.10. The Kier molecular flexibility index (Phi) is 3.06. The van der Waals surface area contributed by atoms with E-state index in [9.17, 15) is 4.39 Å². The second-order valence-electron chi connectivity index (χ2n) is 3.66. The number of rotatable bonds is 1. The third-order valence-electron chi connectivity index (χ3n) is 2.56. The zero-order chi connectivity index (χ0) is 9.97. The van der Waals surface area contributed by atoms with E-state index in [4.69, 9.17) is 0 Å². The number of piperidine rings is 1. The number of alkyl halides is 1. The molecule has 3 heteroatoms. The molecule has 1 heterocycles. The van der Waals surface area contributed by atoms with Crippen LogP contribution >= 0.6 is 15.9 Å². The standard InChI is InChI=1S/C11H13BrFN/c12-9-3-5-11(6-4-9)14-7-1-2-10(13)8-14/h3-6,10H,1-2,7-8H2. The van der Waals surface area contributed by atoms with Crippen LogP contribution in [0.4, 0.5) is 10.1 Å². The minimum absolute atomic E-state index is 0.543. The van der Waals surface area contributed by atoms with Crippen LogP contribution in [0.5, 0.6) is 0 Å². The Hall–Kier alpha value is -0.570. The minimum Gasteiger partial charge on any atom is -0.369 e. The molecule has 76 valence electrons. The maximum Gasteiger partial charge on any atom is 0.118 e. The van der Waals surface area contributed by atoms with Gasteiger partial charge in [0, 0.05) is 23.2 Å². The predicted octanol–water partition coefficient (Wildman–Crippen LogP) is 3.39. The first-order chi connectivity index (χ1) is 6.75. The van der Waals surface area contributed by atoms with E-state index in [2.05, 4.69) is 20.8 Å². The maximum absolute atomic E-state index is 13.1. The molecule has 2 rings (SSSR count). The Balaban J connectivity index is 2.10. The van der Waals surface area contributed by atoms with Gasteiger partial charge in [0.2, 0.25) is 0 Å². The minimum atomic E-state index is -0.660. The van der Waals surface area contributed by atoms with Gasteiger partial charge in [0.05, 0.1) is 0 Å². The molecule has 1 nitrogen and oxygen atoms in total. The number of anilines is 1. The topological polar surface area (TPSA) is 3.24 Å². The molecule has 0 saturated carbocycles. The molecule has 1 unspecified atom stereocenters. The predicted molar refractivity (Wildman–Crippen MR) is 60.5 cm³/mol. The van der Waals surface area contributed by atoms with E-state index in [0.717, 1.165) is 23.1 Å². The Morgan fingerprint density at radius 1 is 1.29 bits per heavy atom. The fraction of sp³-hybridized carbons (Fsp3) is 0.455. The highest BCUT2D eigenvalue weighted by atomic mass is 79.9. The van der Waals surface area contributed by atoms with Crippen LogP contribution in [0.3, 0.4) is 0 Å². The zero-order valence-corrected chi connectivity index (χ0v) is 9.50. The molecule has 0 bridgehead atoms. The van der Waals surface area contributed by atoms with Crippen molar-refractivity contribution in [2.75, 3.05) is 18.0 Å². The molecule has 1 atom stereocenters. The summed E-state index contributed by atoms with van der Waals surface area (Å²) in [7, 11) is 0. The number of halogens is 2. The van der Waals surface area contributed by atoms with Gasteiger partial charge >= 0.3 is 0 Å². The maximum atomic E-state index is 13.1. The van der Waals surface area contributed by atoms with Crippen molar-refractivity contribution >= 4 is 21.6 Å². The van der Waals surface area contributed by atoms with Crippen molar-refractivity contribution in [2.45, 2.75) is 19.0 Å². The van der Waals surface area contributed by atoms with Gasteiger partial charge in [0.1, 0.15) is 6.17 Å². The number of nitrogens with zero attached hydrogens (tertiary/aromatic N) is 1. The van der Waals surface area contributed by atoms with Gasteiger partial charge in [-0.3, -0.25) is 0 Å². The van der Waals surface area contributed by atoms with Crippen molar-refractivity contribution in [1.29, 1.82) is 0 Å². The van der Waals surface area contributed by atoms with Crippen molar-refractivity contribution in [3.63, 3.8) is 0 Å². The van der Waals surface area contributed by atoms with Crippen LogP contribution in [-0.4, -0.2) is 19.3 Å². The fourth-order valence-electron chi connectivity index (χ4n) is 1.81. The number of hydrogen-bond acceptors (Lipinski definition) is 1. The first-order valence-electron chi connectivity index (χ1n) is 4.90. The average Bonchev–Trinajstić information content (AvgIpc) is 2.19. The smallest absolute Gasteiger partial charge is 0.118 e. The van der Waals surface area contributed by atoms with Crippen LogP contribution in [0.1, 0.15) is 12.8 Å². The van der Waals surface area contributed by atoms with Crippen LogP contribution in [0, 0.1) is 0 Å². The van der Waals surface area contributed by atoms with Gasteiger partial charge in [-0.25, -0.2) is 4.39 Å². The summed E-state index contributed by atoms with van der Waals surface area (Å²) in [5.41, 5.74) is 1.12. The zero-order valence-electron chi connectivity index (χ0n) is 7.92. The third-order valence-corrected chi connectivity index (χ3v) is 3.08. The monoisotopic (exact) mass is 257 g/mol. The second-order valence-corrected chi connectivity index (χ2v) is 4.58. The van der Waals surface area contributed by atoms with E-state index in [0.29, 0.717) is 13.0 Å². The molecule has 14 heavy (non-hydrogen) atoms. The SMILES string of the molecule is FC1CCCN(c2ccc(Br)cc2)C1. The molecule has 0 radical (unpaired) electrons. The molecule has 1 aliphatic heterocycles. The molecule has 1 aromatic carbocycles. The Morgan fingerprint density at radius 2 is 2.00 bits per heavy atom. The molecular formula is C11H13BrFN. The first kappa shape index (κ1) is 9.97. The lowest BCUT2D eigenvalue weighted by molar-refractivity contribution is 0.287. The lowest BCUT2D eigenvalue weighted by Gasteiger charge is -2.30. The normalized spacial score (nSPS) is 22.4. The lowest BCUT2D eigenvalue weighted by atomic mass is 10.1. The fourth-order valence-corrected chi connectivity index (χ4v) is 2.08. The van der Waals surface area contributed by atoms with Crippen LogP contribution in [0.25, 0.3) is 0 Å². The van der Waals surface area contributed by atoms with Crippen molar-refractivity contribution in [3.8, 4) is 0 Å². The van der Waals surface area contributed by atoms with Gasteiger partial charge in [-0.1, -0.05) is 15.9 Å². The van der Waals surface area contributed by atoms with Gasteiger partial charge in [-0.15, -0.1) is 0 Å². The van der Waals surface area contributed by atoms with E-state index in [1.165, 1.54) is 0 Å². The molecule has 1 saturated heterocycles. The molecule has 1 aromatic rings. The largest absolute Gasteiger partial charge is 0.369 e. The van der Waals surface area contributed by atoms with E-state index in [1.54, 1.807) is 0 Å². The summed E-state index contributed by atoms with van der Waals surface area (Å²) in [4.78, 5) is 2.11. The van der Waals surface area contributed by atoms with Gasteiger partial charge in [-0.05, 0) is 37.1 Å². The highest BCUT2D eigenvalue weighted by Crippen LogP contribution is 2.22. The van der Waals surface area contributed by atoms with Crippen molar-refractivity contribution in [2.24, 2.45) is 0 Å². The van der Waals surface area contributed by atoms with Gasteiger partial charge in [0.25, 0.3) is 0 Å². The third kappa shape index (κ3) is 2.27. The van der Waals surface area contributed by atoms with Gasteiger partial charge < -0.3 is 4.90 Å². The Morgan fingerprint density at radius 3 is 2.64 bits per heavy atom. The summed E-state index contributed by atoms with van der Waals surface area (Å²) in [5, 5.41) is 0. The Bertz CT molecular complexity index is 299. The summed E-state index contributed by atoms with van der Waals surface area (Å²) in [5.74, 6) is 0. The van der Waals surface area contributed by atoms with E-state index in [-0.39, 0.29) is 0 Å². The highest BCUT2D eigenvalue weighted by Gasteiger charge is 2.18. The van der Waals surface area contributed by atoms with E-state index in [1.807, 2.05) is 24.3 Å². The summed E-state index contributed by atoms with van der Waals surface area (Å²) in [6.07, 6.45) is 1.01.